The summed E-state index contributed by atoms with van der Waals surface area (Å²) >= 11 is 0. The summed E-state index contributed by atoms with van der Waals surface area (Å²) in [4.78, 5) is 25.9. The lowest BCUT2D eigenvalue weighted by molar-refractivity contribution is -0.128. The summed E-state index contributed by atoms with van der Waals surface area (Å²) in [7, 11) is 0. The molecule has 2 amide bonds. The highest BCUT2D eigenvalue weighted by Crippen LogP contribution is 2.43. The predicted octanol–water partition coefficient (Wildman–Crippen LogP) is 2.64. The minimum absolute atomic E-state index is 0.0478. The molecule has 0 unspecified atom stereocenters. The van der Waals surface area contributed by atoms with E-state index in [1.54, 1.807) is 11.1 Å². The van der Waals surface area contributed by atoms with Gasteiger partial charge < -0.3 is 4.90 Å². The fourth-order valence-electron chi connectivity index (χ4n) is 4.67. The highest BCUT2D eigenvalue weighted by molar-refractivity contribution is 6.06. The average molecular weight is 304 g/mol. The molecule has 1 aliphatic carbocycles. The van der Waals surface area contributed by atoms with Crippen molar-refractivity contribution in [3.8, 4) is 0 Å². The van der Waals surface area contributed by atoms with Crippen LogP contribution in [0.25, 0.3) is 0 Å². The SMILES string of the molecule is CC1=C(CCN2CC[C@]3(CC(=O)NC3=O)C2)C(C)(C)CCC1. The van der Waals surface area contributed by atoms with Crippen LogP contribution < -0.4 is 5.32 Å². The molecule has 2 aliphatic heterocycles. The molecule has 0 aromatic carbocycles. The second-order valence-corrected chi connectivity index (χ2v) is 8.11. The van der Waals surface area contributed by atoms with Crippen molar-refractivity contribution >= 4 is 11.8 Å². The molecule has 4 nitrogen and oxygen atoms in total. The minimum atomic E-state index is -0.428. The molecular formula is C18H28N2O2. The quantitative estimate of drug-likeness (QED) is 0.644. The largest absolute Gasteiger partial charge is 0.302 e. The van der Waals surface area contributed by atoms with Crippen LogP contribution in [0.4, 0.5) is 0 Å². The summed E-state index contributed by atoms with van der Waals surface area (Å²) in [5, 5.41) is 2.48. The smallest absolute Gasteiger partial charge is 0.234 e. The Morgan fingerprint density at radius 2 is 2.00 bits per heavy atom. The zero-order chi connectivity index (χ0) is 16.0. The molecule has 2 saturated heterocycles. The van der Waals surface area contributed by atoms with Gasteiger partial charge in [0.15, 0.2) is 0 Å². The van der Waals surface area contributed by atoms with Crippen LogP contribution in [-0.2, 0) is 9.59 Å². The van der Waals surface area contributed by atoms with Gasteiger partial charge in [0.1, 0.15) is 0 Å². The summed E-state index contributed by atoms with van der Waals surface area (Å²) in [5.41, 5.74) is 3.08. The van der Waals surface area contributed by atoms with Crippen LogP contribution in [0, 0.1) is 10.8 Å². The number of amides is 2. The summed E-state index contributed by atoms with van der Waals surface area (Å²) in [5.74, 6) is -0.146. The third kappa shape index (κ3) is 2.73. The van der Waals surface area contributed by atoms with Gasteiger partial charge in [0.25, 0.3) is 0 Å². The van der Waals surface area contributed by atoms with E-state index in [9.17, 15) is 9.59 Å². The number of imide groups is 1. The first kappa shape index (κ1) is 15.7. The number of rotatable bonds is 3. The van der Waals surface area contributed by atoms with Gasteiger partial charge in [-0.05, 0) is 51.0 Å². The average Bonchev–Trinajstić information content (AvgIpc) is 2.93. The summed E-state index contributed by atoms with van der Waals surface area (Å²) in [6.45, 7) is 9.70. The molecule has 0 bridgehead atoms. The molecule has 122 valence electrons. The number of hydrogen-bond acceptors (Lipinski definition) is 3. The van der Waals surface area contributed by atoms with Crippen molar-refractivity contribution in [3.63, 3.8) is 0 Å². The number of carbonyl (C=O) groups is 2. The zero-order valence-corrected chi connectivity index (χ0v) is 14.1. The van der Waals surface area contributed by atoms with E-state index in [0.29, 0.717) is 11.8 Å². The van der Waals surface area contributed by atoms with Gasteiger partial charge in [-0.2, -0.15) is 0 Å². The fourth-order valence-corrected chi connectivity index (χ4v) is 4.67. The molecule has 1 spiro atoms. The maximum absolute atomic E-state index is 12.0. The van der Waals surface area contributed by atoms with Crippen molar-refractivity contribution in [2.45, 2.75) is 59.3 Å². The van der Waals surface area contributed by atoms with E-state index < -0.39 is 5.41 Å². The van der Waals surface area contributed by atoms with Gasteiger partial charge in [-0.1, -0.05) is 25.0 Å². The van der Waals surface area contributed by atoms with Crippen LogP contribution in [-0.4, -0.2) is 36.3 Å². The Kier molecular flexibility index (Phi) is 3.92. The third-order valence-electron chi connectivity index (χ3n) is 6.03. The highest BCUT2D eigenvalue weighted by Gasteiger charge is 2.50. The van der Waals surface area contributed by atoms with Gasteiger partial charge in [0.2, 0.25) is 11.8 Å². The van der Waals surface area contributed by atoms with Crippen molar-refractivity contribution in [2.24, 2.45) is 10.8 Å². The molecule has 2 heterocycles. The molecule has 3 aliphatic rings. The predicted molar refractivity (Wildman–Crippen MR) is 86.2 cm³/mol. The van der Waals surface area contributed by atoms with Crippen LogP contribution in [0.15, 0.2) is 11.1 Å². The van der Waals surface area contributed by atoms with Crippen molar-refractivity contribution in [1.29, 1.82) is 0 Å². The second-order valence-electron chi connectivity index (χ2n) is 8.11. The normalized spacial score (nSPS) is 32.1. The first-order valence-electron chi connectivity index (χ1n) is 8.58. The fraction of sp³-hybridized carbons (Fsp3) is 0.778. The molecule has 1 atom stereocenters. The molecule has 0 aromatic rings. The van der Waals surface area contributed by atoms with Gasteiger partial charge in [-0.3, -0.25) is 14.9 Å². The van der Waals surface area contributed by atoms with Crippen LogP contribution in [0.3, 0.4) is 0 Å². The van der Waals surface area contributed by atoms with E-state index in [4.69, 9.17) is 0 Å². The Morgan fingerprint density at radius 1 is 1.23 bits per heavy atom. The van der Waals surface area contributed by atoms with E-state index in [1.807, 2.05) is 0 Å². The lowest BCUT2D eigenvalue weighted by Gasteiger charge is -2.35. The Bertz CT molecular complexity index is 535. The first-order chi connectivity index (χ1) is 10.3. The van der Waals surface area contributed by atoms with Crippen LogP contribution in [0.5, 0.6) is 0 Å². The molecule has 4 heteroatoms. The van der Waals surface area contributed by atoms with Crippen molar-refractivity contribution in [3.05, 3.63) is 11.1 Å². The zero-order valence-electron chi connectivity index (χ0n) is 14.1. The molecule has 1 N–H and O–H groups in total. The summed E-state index contributed by atoms with van der Waals surface area (Å²) in [6, 6.07) is 0. The molecule has 2 fully saturated rings. The lowest BCUT2D eigenvalue weighted by atomic mass is 9.71. The molecule has 0 aromatic heterocycles. The molecular weight excluding hydrogens is 276 g/mol. The minimum Gasteiger partial charge on any atom is -0.302 e. The number of carbonyl (C=O) groups excluding carboxylic acids is 2. The Hall–Kier alpha value is -1.16. The number of allylic oxidation sites excluding steroid dienone is 1. The standard InChI is InChI=1S/C18H28N2O2/c1-13-5-4-7-17(2,3)14(13)6-9-20-10-8-18(12-20)11-15(21)19-16(18)22/h4-12H2,1-3H3,(H,19,21,22)/t18-/m0/s1. The van der Waals surface area contributed by atoms with Gasteiger partial charge in [0, 0.05) is 19.5 Å². The van der Waals surface area contributed by atoms with Crippen molar-refractivity contribution in [2.75, 3.05) is 19.6 Å². The number of nitrogens with zero attached hydrogens (tertiary/aromatic N) is 1. The van der Waals surface area contributed by atoms with Crippen molar-refractivity contribution < 1.29 is 9.59 Å². The van der Waals surface area contributed by atoms with Crippen LogP contribution >= 0.6 is 0 Å². The van der Waals surface area contributed by atoms with Gasteiger partial charge in [-0.25, -0.2) is 0 Å². The lowest BCUT2D eigenvalue weighted by Crippen LogP contribution is -2.35. The number of hydrogen-bond donors (Lipinski definition) is 1. The summed E-state index contributed by atoms with van der Waals surface area (Å²) in [6.07, 6.45) is 6.13. The number of likely N-dealkylation sites (tertiary alicyclic amines) is 1. The molecule has 0 radical (unpaired) electrons. The topological polar surface area (TPSA) is 49.4 Å². The van der Waals surface area contributed by atoms with E-state index in [1.165, 1.54) is 19.3 Å². The molecule has 0 saturated carbocycles. The highest BCUT2D eigenvalue weighted by atomic mass is 16.2. The van der Waals surface area contributed by atoms with Crippen molar-refractivity contribution in [1.82, 2.24) is 10.2 Å². The molecule has 3 rings (SSSR count). The Morgan fingerprint density at radius 3 is 2.64 bits per heavy atom. The van der Waals surface area contributed by atoms with E-state index in [-0.39, 0.29) is 11.8 Å². The van der Waals surface area contributed by atoms with E-state index in [0.717, 1.165) is 32.5 Å². The maximum atomic E-state index is 12.0. The van der Waals surface area contributed by atoms with Crippen LogP contribution in [0.1, 0.15) is 59.3 Å². The third-order valence-corrected chi connectivity index (χ3v) is 6.03. The second kappa shape index (κ2) is 5.48. The first-order valence-corrected chi connectivity index (χ1v) is 8.58. The van der Waals surface area contributed by atoms with E-state index in [2.05, 4.69) is 31.0 Å². The van der Waals surface area contributed by atoms with Gasteiger partial charge in [-0.15, -0.1) is 0 Å². The van der Waals surface area contributed by atoms with Gasteiger partial charge in [0.05, 0.1) is 5.41 Å². The number of nitrogens with one attached hydrogen (secondary N) is 1. The van der Waals surface area contributed by atoms with E-state index >= 15 is 0 Å². The Labute approximate surface area is 133 Å². The van der Waals surface area contributed by atoms with Gasteiger partial charge >= 0.3 is 0 Å². The summed E-state index contributed by atoms with van der Waals surface area (Å²) < 4.78 is 0. The molecule has 22 heavy (non-hydrogen) atoms. The Balaban J connectivity index is 1.62. The maximum Gasteiger partial charge on any atom is 0.234 e. The monoisotopic (exact) mass is 304 g/mol. The van der Waals surface area contributed by atoms with Crippen LogP contribution in [0.2, 0.25) is 0 Å².